The molecular weight excluding hydrogens is 300 g/mol. The van der Waals surface area contributed by atoms with Gasteiger partial charge < -0.3 is 0 Å². The van der Waals surface area contributed by atoms with E-state index in [2.05, 4.69) is 6.92 Å². The molecule has 4 nitrogen and oxygen atoms in total. The van der Waals surface area contributed by atoms with Gasteiger partial charge in [-0.1, -0.05) is 51.3 Å². The number of ketones is 1. The van der Waals surface area contributed by atoms with Crippen LogP contribution >= 0.6 is 0 Å². The SMILES string of the molecule is CCCCC[C@@]1(C)CCC(OS(=O)(=O)c2ccccc2)C1=O. The third-order valence-corrected chi connectivity index (χ3v) is 5.79. The number of unbranched alkanes of at least 4 members (excludes halogenated alkanes) is 2. The Labute approximate surface area is 133 Å². The monoisotopic (exact) mass is 324 g/mol. The molecule has 5 heteroatoms. The molecule has 0 spiro atoms. The summed E-state index contributed by atoms with van der Waals surface area (Å²) in [6, 6.07) is 7.98. The normalized spacial score (nSPS) is 25.5. The summed E-state index contributed by atoms with van der Waals surface area (Å²) in [7, 11) is -3.87. The second-order valence-electron chi connectivity index (χ2n) is 6.27. The fourth-order valence-electron chi connectivity index (χ4n) is 2.99. The minimum atomic E-state index is -3.87. The molecule has 122 valence electrons. The molecular formula is C17H24O4S. The molecule has 1 aliphatic carbocycles. The van der Waals surface area contributed by atoms with Gasteiger partial charge in [-0.3, -0.25) is 8.98 Å². The van der Waals surface area contributed by atoms with Gasteiger partial charge in [0.05, 0.1) is 4.90 Å². The van der Waals surface area contributed by atoms with E-state index in [0.717, 1.165) is 25.7 Å². The van der Waals surface area contributed by atoms with Crippen LogP contribution in [0.4, 0.5) is 0 Å². The van der Waals surface area contributed by atoms with E-state index in [0.29, 0.717) is 12.8 Å². The zero-order chi connectivity index (χ0) is 16.2. The molecule has 0 radical (unpaired) electrons. The lowest BCUT2D eigenvalue weighted by Gasteiger charge is -2.22. The molecule has 2 atom stereocenters. The van der Waals surface area contributed by atoms with Crippen molar-refractivity contribution in [1.82, 2.24) is 0 Å². The van der Waals surface area contributed by atoms with Crippen LogP contribution in [0.5, 0.6) is 0 Å². The van der Waals surface area contributed by atoms with Gasteiger partial charge in [0.15, 0.2) is 5.78 Å². The van der Waals surface area contributed by atoms with Gasteiger partial charge in [0.25, 0.3) is 10.1 Å². The van der Waals surface area contributed by atoms with E-state index in [9.17, 15) is 13.2 Å². The summed E-state index contributed by atoms with van der Waals surface area (Å²) < 4.78 is 29.7. The van der Waals surface area contributed by atoms with Crippen molar-refractivity contribution in [1.29, 1.82) is 0 Å². The number of hydrogen-bond donors (Lipinski definition) is 0. The lowest BCUT2D eigenvalue weighted by Crippen LogP contribution is -2.31. The number of benzene rings is 1. The molecule has 1 fully saturated rings. The Morgan fingerprint density at radius 3 is 2.55 bits per heavy atom. The van der Waals surface area contributed by atoms with Gasteiger partial charge in [0.2, 0.25) is 0 Å². The average molecular weight is 324 g/mol. The van der Waals surface area contributed by atoms with Gasteiger partial charge in [-0.25, -0.2) is 0 Å². The van der Waals surface area contributed by atoms with Crippen LogP contribution in [-0.4, -0.2) is 20.3 Å². The number of rotatable bonds is 7. The quantitative estimate of drug-likeness (QED) is 0.566. The van der Waals surface area contributed by atoms with Crippen molar-refractivity contribution in [3.05, 3.63) is 30.3 Å². The first-order valence-electron chi connectivity index (χ1n) is 7.92. The van der Waals surface area contributed by atoms with Crippen molar-refractivity contribution in [3.8, 4) is 0 Å². The van der Waals surface area contributed by atoms with Crippen LogP contribution in [-0.2, 0) is 19.1 Å². The summed E-state index contributed by atoms with van der Waals surface area (Å²) in [6.45, 7) is 4.06. The van der Waals surface area contributed by atoms with Gasteiger partial charge in [-0.05, 0) is 31.4 Å². The zero-order valence-electron chi connectivity index (χ0n) is 13.2. The molecule has 22 heavy (non-hydrogen) atoms. The lowest BCUT2D eigenvalue weighted by atomic mass is 9.82. The van der Waals surface area contributed by atoms with Crippen molar-refractivity contribution in [2.45, 2.75) is 63.4 Å². The predicted octanol–water partition coefficient (Wildman–Crippen LogP) is 3.71. The smallest absolute Gasteiger partial charge is 0.296 e. The van der Waals surface area contributed by atoms with Crippen LogP contribution in [0.1, 0.15) is 52.4 Å². The zero-order valence-corrected chi connectivity index (χ0v) is 14.1. The topological polar surface area (TPSA) is 60.4 Å². The van der Waals surface area contributed by atoms with Gasteiger partial charge in [0.1, 0.15) is 6.10 Å². The van der Waals surface area contributed by atoms with Gasteiger partial charge in [-0.2, -0.15) is 8.42 Å². The van der Waals surface area contributed by atoms with Crippen molar-refractivity contribution in [3.63, 3.8) is 0 Å². The van der Waals surface area contributed by atoms with Gasteiger partial charge >= 0.3 is 0 Å². The first-order valence-corrected chi connectivity index (χ1v) is 9.32. The molecule has 1 aromatic carbocycles. The Balaban J connectivity index is 2.04. The highest BCUT2D eigenvalue weighted by Gasteiger charge is 2.46. The molecule has 0 heterocycles. The van der Waals surface area contributed by atoms with Gasteiger partial charge in [0, 0.05) is 5.41 Å². The van der Waals surface area contributed by atoms with Crippen LogP contribution in [0.3, 0.4) is 0 Å². The van der Waals surface area contributed by atoms with Crippen LogP contribution in [0.25, 0.3) is 0 Å². The van der Waals surface area contributed by atoms with E-state index in [1.165, 1.54) is 12.1 Å². The van der Waals surface area contributed by atoms with Crippen LogP contribution in [0.2, 0.25) is 0 Å². The van der Waals surface area contributed by atoms with E-state index in [-0.39, 0.29) is 10.7 Å². The van der Waals surface area contributed by atoms with Crippen molar-refractivity contribution < 1.29 is 17.4 Å². The fraction of sp³-hybridized carbons (Fsp3) is 0.588. The number of Topliss-reactive ketones (excluding diaryl/α,β-unsaturated/α-hetero) is 1. The Morgan fingerprint density at radius 1 is 1.23 bits per heavy atom. The van der Waals surface area contributed by atoms with Crippen molar-refractivity contribution >= 4 is 15.9 Å². The standard InChI is InChI=1S/C17H24O4S/c1-3-4-8-12-17(2)13-11-15(16(17)18)21-22(19,20)14-9-6-5-7-10-14/h5-7,9-10,15H,3-4,8,11-13H2,1-2H3/t15?,17-/m0/s1. The highest BCUT2D eigenvalue weighted by Crippen LogP contribution is 2.41. The summed E-state index contributed by atoms with van der Waals surface area (Å²) in [5, 5.41) is 0. The van der Waals surface area contributed by atoms with Crippen molar-refractivity contribution in [2.75, 3.05) is 0 Å². The van der Waals surface area contributed by atoms with Crippen LogP contribution < -0.4 is 0 Å². The molecule has 1 aliphatic rings. The summed E-state index contributed by atoms with van der Waals surface area (Å²) in [6.07, 6.45) is 4.35. The highest BCUT2D eigenvalue weighted by molar-refractivity contribution is 7.86. The maximum atomic E-state index is 12.5. The van der Waals surface area contributed by atoms with E-state index in [4.69, 9.17) is 4.18 Å². The fourth-order valence-corrected chi connectivity index (χ4v) is 4.08. The Morgan fingerprint density at radius 2 is 1.91 bits per heavy atom. The van der Waals surface area contributed by atoms with Crippen LogP contribution in [0, 0.1) is 5.41 Å². The molecule has 0 aliphatic heterocycles. The second kappa shape index (κ2) is 6.92. The van der Waals surface area contributed by atoms with Crippen molar-refractivity contribution in [2.24, 2.45) is 5.41 Å². The molecule has 0 saturated heterocycles. The third kappa shape index (κ3) is 3.76. The summed E-state index contributed by atoms with van der Waals surface area (Å²) in [5.74, 6) is -0.0666. The summed E-state index contributed by atoms with van der Waals surface area (Å²) in [4.78, 5) is 12.6. The number of carbonyl (C=O) groups is 1. The molecule has 1 aromatic rings. The first kappa shape index (κ1) is 17.2. The van der Waals surface area contributed by atoms with E-state index < -0.39 is 21.6 Å². The Kier molecular flexibility index (Phi) is 5.40. The molecule has 0 bridgehead atoms. The molecule has 0 aromatic heterocycles. The lowest BCUT2D eigenvalue weighted by molar-refractivity contribution is -0.130. The maximum absolute atomic E-state index is 12.5. The molecule has 1 unspecified atom stereocenters. The Bertz CT molecular complexity index is 609. The molecule has 2 rings (SSSR count). The van der Waals surface area contributed by atoms with E-state index >= 15 is 0 Å². The van der Waals surface area contributed by atoms with E-state index in [1.54, 1.807) is 18.2 Å². The maximum Gasteiger partial charge on any atom is 0.297 e. The van der Waals surface area contributed by atoms with E-state index in [1.807, 2.05) is 6.92 Å². The number of carbonyl (C=O) groups excluding carboxylic acids is 1. The first-order chi connectivity index (χ1) is 10.4. The van der Waals surface area contributed by atoms with Gasteiger partial charge in [-0.15, -0.1) is 0 Å². The number of hydrogen-bond acceptors (Lipinski definition) is 4. The van der Waals surface area contributed by atoms with Crippen LogP contribution in [0.15, 0.2) is 35.2 Å². The predicted molar refractivity (Wildman–Crippen MR) is 85.0 cm³/mol. The Hall–Kier alpha value is -1.20. The summed E-state index contributed by atoms with van der Waals surface area (Å²) in [5.41, 5.74) is -0.438. The summed E-state index contributed by atoms with van der Waals surface area (Å²) >= 11 is 0. The minimum Gasteiger partial charge on any atom is -0.296 e. The minimum absolute atomic E-state index is 0.0666. The second-order valence-corrected chi connectivity index (χ2v) is 7.84. The molecule has 0 N–H and O–H groups in total. The third-order valence-electron chi connectivity index (χ3n) is 4.45. The molecule has 0 amide bonds. The largest absolute Gasteiger partial charge is 0.297 e. The highest BCUT2D eigenvalue weighted by atomic mass is 32.2. The average Bonchev–Trinajstić information content (AvgIpc) is 2.77. The molecule has 1 saturated carbocycles.